The van der Waals surface area contributed by atoms with Crippen LogP contribution in [0.4, 0.5) is 5.82 Å². The number of nitrogens with two attached hydrogens (primary N) is 1. The van der Waals surface area contributed by atoms with Crippen molar-refractivity contribution in [3.05, 3.63) is 36.3 Å². The van der Waals surface area contributed by atoms with Gasteiger partial charge in [-0.2, -0.15) is 9.40 Å². The third-order valence-electron chi connectivity index (χ3n) is 5.10. The molecule has 1 atom stereocenters. The number of hydrogen-bond donors (Lipinski definition) is 1. The van der Waals surface area contributed by atoms with E-state index < -0.39 is 10.0 Å². The molecule has 0 spiro atoms. The van der Waals surface area contributed by atoms with Crippen LogP contribution >= 0.6 is 0 Å². The van der Waals surface area contributed by atoms with Crippen molar-refractivity contribution >= 4 is 21.5 Å². The Kier molecular flexibility index (Phi) is 4.77. The highest BCUT2D eigenvalue weighted by atomic mass is 32.2. The van der Waals surface area contributed by atoms with Gasteiger partial charge >= 0.3 is 0 Å². The first-order valence-corrected chi connectivity index (χ1v) is 10.4. The van der Waals surface area contributed by atoms with E-state index in [4.69, 9.17) is 10.5 Å². The van der Waals surface area contributed by atoms with Crippen molar-refractivity contribution in [2.45, 2.75) is 30.7 Å². The molecule has 0 radical (unpaired) electrons. The molecule has 0 saturated carbocycles. The maximum absolute atomic E-state index is 13.3. The number of anilines is 1. The van der Waals surface area contributed by atoms with Crippen LogP contribution in [0.5, 0.6) is 0 Å². The highest BCUT2D eigenvalue weighted by Crippen LogP contribution is 2.31. The number of sulfonamides is 1. The van der Waals surface area contributed by atoms with Gasteiger partial charge in [-0.25, -0.2) is 22.9 Å². The van der Waals surface area contributed by atoms with E-state index >= 15 is 0 Å². The summed E-state index contributed by atoms with van der Waals surface area (Å²) in [6.07, 6.45) is 4.61. The van der Waals surface area contributed by atoms with Crippen LogP contribution in [0.1, 0.15) is 18.4 Å². The molecule has 0 unspecified atom stereocenters. The maximum Gasteiger partial charge on any atom is 0.243 e. The molecule has 1 fully saturated rings. The number of aromatic nitrogens is 4. The van der Waals surface area contributed by atoms with Crippen LogP contribution in [0.15, 0.2) is 35.6 Å². The van der Waals surface area contributed by atoms with Gasteiger partial charge in [0.1, 0.15) is 6.33 Å². The zero-order chi connectivity index (χ0) is 19.9. The normalized spacial score (nSPS) is 18.1. The number of imidazole rings is 1. The second-order valence-corrected chi connectivity index (χ2v) is 8.76. The van der Waals surface area contributed by atoms with Crippen LogP contribution in [-0.4, -0.2) is 58.6 Å². The second-order valence-electron chi connectivity index (χ2n) is 6.87. The van der Waals surface area contributed by atoms with E-state index in [0.29, 0.717) is 24.5 Å². The summed E-state index contributed by atoms with van der Waals surface area (Å²) in [4.78, 5) is 8.46. The van der Waals surface area contributed by atoms with Crippen molar-refractivity contribution in [3.8, 4) is 11.3 Å². The van der Waals surface area contributed by atoms with Gasteiger partial charge in [-0.1, -0.05) is 6.07 Å². The monoisotopic (exact) mass is 402 g/mol. The average molecular weight is 402 g/mol. The van der Waals surface area contributed by atoms with Gasteiger partial charge in [0.05, 0.1) is 23.4 Å². The summed E-state index contributed by atoms with van der Waals surface area (Å²) in [6, 6.07) is 4.98. The summed E-state index contributed by atoms with van der Waals surface area (Å²) in [7, 11) is -2.05. The fourth-order valence-corrected chi connectivity index (χ4v) is 5.38. The van der Waals surface area contributed by atoms with Gasteiger partial charge in [-0.15, -0.1) is 0 Å². The second kappa shape index (κ2) is 7.12. The number of ether oxygens (including phenoxy) is 1. The molecule has 0 aliphatic carbocycles. The summed E-state index contributed by atoms with van der Waals surface area (Å²) in [5, 5.41) is 4.21. The SMILES string of the molecule is COC[C@@H]1CCCN1S(=O)(=O)c1ccc(C)c(-c2cnc3c(N)ncnn23)c1. The fourth-order valence-electron chi connectivity index (χ4n) is 3.68. The number of hydrogen-bond acceptors (Lipinski definition) is 7. The van der Waals surface area contributed by atoms with Gasteiger partial charge in [0.2, 0.25) is 10.0 Å². The standard InChI is InChI=1S/C18H22N6O3S/c1-12-5-6-14(28(25,26)23-7-3-4-13(23)10-27-2)8-15(12)16-9-20-18-17(19)21-11-22-24(16)18/h5-6,8-9,11,13H,3-4,7,10H2,1-2H3,(H2,19,21,22)/t13-/m0/s1. The lowest BCUT2D eigenvalue weighted by molar-refractivity contribution is 0.149. The van der Waals surface area contributed by atoms with E-state index in [1.54, 1.807) is 40.3 Å². The topological polar surface area (TPSA) is 116 Å². The minimum Gasteiger partial charge on any atom is -0.383 e. The minimum absolute atomic E-state index is 0.136. The van der Waals surface area contributed by atoms with Crippen LogP contribution in [0, 0.1) is 6.92 Å². The average Bonchev–Trinajstić information content (AvgIpc) is 3.30. The molecule has 1 aliphatic rings. The zero-order valence-electron chi connectivity index (χ0n) is 15.7. The molecule has 3 aromatic rings. The molecule has 2 aromatic heterocycles. The highest BCUT2D eigenvalue weighted by molar-refractivity contribution is 7.89. The first-order chi connectivity index (χ1) is 13.4. The quantitative estimate of drug-likeness (QED) is 0.687. The maximum atomic E-state index is 13.3. The molecule has 3 heterocycles. The van der Waals surface area contributed by atoms with Crippen LogP contribution in [-0.2, 0) is 14.8 Å². The van der Waals surface area contributed by atoms with Gasteiger partial charge in [0.25, 0.3) is 0 Å². The molecule has 0 bridgehead atoms. The number of methoxy groups -OCH3 is 1. The van der Waals surface area contributed by atoms with E-state index in [9.17, 15) is 8.42 Å². The summed E-state index contributed by atoms with van der Waals surface area (Å²) >= 11 is 0. The van der Waals surface area contributed by atoms with Crippen molar-refractivity contribution in [3.63, 3.8) is 0 Å². The van der Waals surface area contributed by atoms with E-state index in [2.05, 4.69) is 15.1 Å². The van der Waals surface area contributed by atoms with Gasteiger partial charge in [0, 0.05) is 25.3 Å². The summed E-state index contributed by atoms with van der Waals surface area (Å²) in [6.45, 7) is 2.81. The van der Waals surface area contributed by atoms with E-state index in [1.807, 2.05) is 6.92 Å². The van der Waals surface area contributed by atoms with E-state index in [0.717, 1.165) is 24.0 Å². The Morgan fingerprint density at radius 3 is 2.93 bits per heavy atom. The zero-order valence-corrected chi connectivity index (χ0v) is 16.6. The lowest BCUT2D eigenvalue weighted by Gasteiger charge is -2.24. The molecule has 0 amide bonds. The van der Waals surface area contributed by atoms with Gasteiger partial charge < -0.3 is 10.5 Å². The molecular formula is C18H22N6O3S. The minimum atomic E-state index is -3.64. The number of nitrogen functional groups attached to an aromatic ring is 1. The lowest BCUT2D eigenvalue weighted by atomic mass is 10.1. The Balaban J connectivity index is 1.80. The van der Waals surface area contributed by atoms with Gasteiger partial charge in [-0.05, 0) is 37.5 Å². The summed E-state index contributed by atoms with van der Waals surface area (Å²) < 4.78 is 34.9. The van der Waals surface area contributed by atoms with Crippen molar-refractivity contribution in [2.24, 2.45) is 0 Å². The van der Waals surface area contributed by atoms with Crippen molar-refractivity contribution < 1.29 is 13.2 Å². The molecule has 148 valence electrons. The lowest BCUT2D eigenvalue weighted by Crippen LogP contribution is -2.38. The van der Waals surface area contributed by atoms with Crippen LogP contribution in [0.2, 0.25) is 0 Å². The van der Waals surface area contributed by atoms with Gasteiger partial charge in [0.15, 0.2) is 11.5 Å². The van der Waals surface area contributed by atoms with E-state index in [1.165, 1.54) is 6.33 Å². The van der Waals surface area contributed by atoms with Crippen molar-refractivity contribution in [1.82, 2.24) is 23.9 Å². The molecule has 10 heteroatoms. The number of benzene rings is 1. The Labute approximate surface area is 163 Å². The molecule has 9 nitrogen and oxygen atoms in total. The van der Waals surface area contributed by atoms with Crippen LogP contribution in [0.3, 0.4) is 0 Å². The Morgan fingerprint density at radius 2 is 2.14 bits per heavy atom. The molecule has 1 saturated heterocycles. The third kappa shape index (κ3) is 3.03. The molecule has 4 rings (SSSR count). The molecule has 2 N–H and O–H groups in total. The fraction of sp³-hybridized carbons (Fsp3) is 0.389. The Hall–Kier alpha value is -2.56. The third-order valence-corrected chi connectivity index (χ3v) is 7.05. The highest BCUT2D eigenvalue weighted by Gasteiger charge is 2.35. The molecular weight excluding hydrogens is 380 g/mol. The largest absolute Gasteiger partial charge is 0.383 e. The van der Waals surface area contributed by atoms with Crippen LogP contribution < -0.4 is 5.73 Å². The summed E-state index contributed by atoms with van der Waals surface area (Å²) in [5.41, 5.74) is 8.60. The smallest absolute Gasteiger partial charge is 0.243 e. The van der Waals surface area contributed by atoms with Crippen molar-refractivity contribution in [2.75, 3.05) is 26.0 Å². The number of aryl methyl sites for hydroxylation is 1. The molecule has 28 heavy (non-hydrogen) atoms. The van der Waals surface area contributed by atoms with E-state index in [-0.39, 0.29) is 16.8 Å². The first-order valence-electron chi connectivity index (χ1n) is 8.99. The first kappa shape index (κ1) is 18.8. The van der Waals surface area contributed by atoms with Crippen LogP contribution in [0.25, 0.3) is 16.9 Å². The Bertz CT molecular complexity index is 1130. The van der Waals surface area contributed by atoms with Gasteiger partial charge in [-0.3, -0.25) is 0 Å². The molecule has 1 aromatic carbocycles. The Morgan fingerprint density at radius 1 is 1.32 bits per heavy atom. The predicted molar refractivity (Wildman–Crippen MR) is 104 cm³/mol. The number of rotatable bonds is 5. The number of fused-ring (bicyclic) bond motifs is 1. The van der Waals surface area contributed by atoms with Crippen molar-refractivity contribution in [1.29, 1.82) is 0 Å². The summed E-state index contributed by atoms with van der Waals surface area (Å²) in [5.74, 6) is 0.266. The predicted octanol–water partition coefficient (Wildman–Crippen LogP) is 1.48. The molecule has 1 aliphatic heterocycles. The number of nitrogens with zero attached hydrogens (tertiary/aromatic N) is 5.